The number of nitrogens with zero attached hydrogens (tertiary/aromatic N) is 2. The number of nitro groups is 1. The summed E-state index contributed by atoms with van der Waals surface area (Å²) >= 11 is 3.41. The Morgan fingerprint density at radius 1 is 1.14 bits per heavy atom. The van der Waals surface area contributed by atoms with E-state index in [0.29, 0.717) is 5.56 Å². The number of amides is 2. The maximum absolute atomic E-state index is 13.1. The van der Waals surface area contributed by atoms with Gasteiger partial charge in [-0.2, -0.15) is 0 Å². The van der Waals surface area contributed by atoms with Crippen molar-refractivity contribution in [2.45, 2.75) is 45.8 Å². The number of rotatable bonds is 8. The molecule has 2 aromatic carbocycles. The molecule has 0 bridgehead atoms. The van der Waals surface area contributed by atoms with Gasteiger partial charge in [0.1, 0.15) is 6.04 Å². The molecule has 2 aromatic rings. The van der Waals surface area contributed by atoms with Gasteiger partial charge in [0.2, 0.25) is 11.8 Å². The van der Waals surface area contributed by atoms with Gasteiger partial charge in [-0.05, 0) is 38.5 Å². The first-order valence-corrected chi connectivity index (χ1v) is 10.0. The molecule has 0 aliphatic heterocycles. The molecule has 0 saturated carbocycles. The predicted molar refractivity (Wildman–Crippen MR) is 114 cm³/mol. The van der Waals surface area contributed by atoms with Gasteiger partial charge in [-0.25, -0.2) is 0 Å². The summed E-state index contributed by atoms with van der Waals surface area (Å²) in [6.07, 6.45) is -0.162. The van der Waals surface area contributed by atoms with E-state index in [1.807, 2.05) is 38.1 Å². The highest BCUT2D eigenvalue weighted by atomic mass is 79.9. The number of hydrogen-bond donors (Lipinski definition) is 1. The van der Waals surface area contributed by atoms with Crippen molar-refractivity contribution >= 4 is 33.4 Å². The van der Waals surface area contributed by atoms with E-state index in [1.54, 1.807) is 25.1 Å². The minimum absolute atomic E-state index is 0.0667. The Kier molecular flexibility index (Phi) is 7.90. The van der Waals surface area contributed by atoms with Crippen molar-refractivity contribution in [1.29, 1.82) is 0 Å². The van der Waals surface area contributed by atoms with Gasteiger partial charge in [-0.15, -0.1) is 0 Å². The van der Waals surface area contributed by atoms with Crippen LogP contribution in [0.3, 0.4) is 0 Å². The zero-order valence-electron chi connectivity index (χ0n) is 16.6. The van der Waals surface area contributed by atoms with Gasteiger partial charge in [0.05, 0.1) is 11.3 Å². The number of hydrogen-bond acceptors (Lipinski definition) is 4. The maximum atomic E-state index is 13.1. The van der Waals surface area contributed by atoms with E-state index in [4.69, 9.17) is 0 Å². The molecule has 0 heterocycles. The van der Waals surface area contributed by atoms with Crippen LogP contribution in [0.15, 0.2) is 53.0 Å². The van der Waals surface area contributed by atoms with Crippen LogP contribution < -0.4 is 5.32 Å². The Hall–Kier alpha value is -2.74. The molecule has 0 aliphatic carbocycles. The Balaban J connectivity index is 2.31. The van der Waals surface area contributed by atoms with E-state index in [2.05, 4.69) is 21.2 Å². The molecule has 29 heavy (non-hydrogen) atoms. The zero-order valence-corrected chi connectivity index (χ0v) is 18.2. The van der Waals surface area contributed by atoms with E-state index >= 15 is 0 Å². The molecule has 0 aromatic heterocycles. The van der Waals surface area contributed by atoms with Crippen molar-refractivity contribution in [3.8, 4) is 0 Å². The average Bonchev–Trinajstić information content (AvgIpc) is 2.65. The van der Waals surface area contributed by atoms with Crippen molar-refractivity contribution < 1.29 is 14.5 Å². The molecule has 1 N–H and O–H groups in total. The van der Waals surface area contributed by atoms with E-state index in [1.165, 1.54) is 11.0 Å². The topological polar surface area (TPSA) is 92.6 Å². The smallest absolute Gasteiger partial charge is 0.273 e. The Morgan fingerprint density at radius 2 is 1.83 bits per heavy atom. The number of benzene rings is 2. The van der Waals surface area contributed by atoms with Crippen molar-refractivity contribution in [3.63, 3.8) is 0 Å². The molecular weight excluding hydrogens is 438 g/mol. The third kappa shape index (κ3) is 6.39. The van der Waals surface area contributed by atoms with Gasteiger partial charge in [0.15, 0.2) is 0 Å². The second-order valence-corrected chi connectivity index (χ2v) is 7.97. The van der Waals surface area contributed by atoms with Crippen molar-refractivity contribution in [1.82, 2.24) is 10.2 Å². The summed E-state index contributed by atoms with van der Waals surface area (Å²) in [6.45, 7) is 5.56. The molecule has 0 fully saturated rings. The van der Waals surface area contributed by atoms with Crippen molar-refractivity contribution in [3.05, 3.63) is 74.2 Å². The van der Waals surface area contributed by atoms with Crippen LogP contribution in [0.1, 0.15) is 31.9 Å². The van der Waals surface area contributed by atoms with Crippen LogP contribution in [0.2, 0.25) is 0 Å². The van der Waals surface area contributed by atoms with Crippen LogP contribution in [0, 0.1) is 10.1 Å². The quantitative estimate of drug-likeness (QED) is 0.477. The fraction of sp³-hybridized carbons (Fsp3) is 0.333. The number of halogens is 1. The van der Waals surface area contributed by atoms with Gasteiger partial charge in [-0.1, -0.05) is 46.3 Å². The molecule has 0 unspecified atom stereocenters. The molecule has 1 atom stereocenters. The van der Waals surface area contributed by atoms with Crippen LogP contribution in [-0.4, -0.2) is 33.7 Å². The maximum Gasteiger partial charge on any atom is 0.273 e. The summed E-state index contributed by atoms with van der Waals surface area (Å²) in [5.41, 5.74) is 1.06. The largest absolute Gasteiger partial charge is 0.352 e. The SMILES string of the molecule is CC(C)NC(=O)[C@@H](C)N(Cc1cccc(Br)c1)C(=O)Cc1ccccc1[N+](=O)[O-]. The normalized spacial score (nSPS) is 11.8. The second-order valence-electron chi connectivity index (χ2n) is 7.05. The molecule has 0 spiro atoms. The third-order valence-corrected chi connectivity index (χ3v) is 4.86. The fourth-order valence-electron chi connectivity index (χ4n) is 2.92. The van der Waals surface area contributed by atoms with Gasteiger partial charge in [-0.3, -0.25) is 19.7 Å². The second kappa shape index (κ2) is 10.2. The molecule has 0 saturated heterocycles. The minimum atomic E-state index is -0.730. The summed E-state index contributed by atoms with van der Waals surface area (Å²) in [5.74, 6) is -0.628. The lowest BCUT2D eigenvalue weighted by Crippen LogP contribution is -2.49. The minimum Gasteiger partial charge on any atom is -0.352 e. The summed E-state index contributed by atoms with van der Waals surface area (Å²) in [7, 11) is 0. The van der Waals surface area contributed by atoms with Gasteiger partial charge >= 0.3 is 0 Å². The number of carbonyl (C=O) groups is 2. The summed E-state index contributed by atoms with van der Waals surface area (Å²) in [5, 5.41) is 14.1. The number of nitro benzene ring substituents is 1. The number of para-hydroxylation sites is 1. The monoisotopic (exact) mass is 461 g/mol. The highest BCUT2D eigenvalue weighted by molar-refractivity contribution is 9.10. The summed E-state index contributed by atoms with van der Waals surface area (Å²) in [6, 6.07) is 12.8. The highest BCUT2D eigenvalue weighted by Gasteiger charge is 2.28. The van der Waals surface area contributed by atoms with E-state index in [-0.39, 0.29) is 36.5 Å². The Labute approximate surface area is 178 Å². The lowest BCUT2D eigenvalue weighted by atomic mass is 10.1. The fourth-order valence-corrected chi connectivity index (χ4v) is 3.37. The van der Waals surface area contributed by atoms with Crippen LogP contribution in [0.4, 0.5) is 5.69 Å². The number of carbonyl (C=O) groups excluding carboxylic acids is 2. The van der Waals surface area contributed by atoms with Crippen LogP contribution >= 0.6 is 15.9 Å². The average molecular weight is 462 g/mol. The standard InChI is InChI=1S/C21H24BrN3O4/c1-14(2)23-21(27)15(3)24(13-16-7-6-9-18(22)11-16)20(26)12-17-8-4-5-10-19(17)25(28)29/h4-11,14-15H,12-13H2,1-3H3,(H,23,27)/t15-/m1/s1. The first-order chi connectivity index (χ1) is 13.7. The Bertz CT molecular complexity index is 901. The lowest BCUT2D eigenvalue weighted by Gasteiger charge is -2.29. The molecule has 7 nitrogen and oxygen atoms in total. The summed E-state index contributed by atoms with van der Waals surface area (Å²) < 4.78 is 0.861. The Morgan fingerprint density at radius 3 is 2.45 bits per heavy atom. The van der Waals surface area contributed by atoms with Crippen LogP contribution in [-0.2, 0) is 22.6 Å². The van der Waals surface area contributed by atoms with Crippen molar-refractivity contribution in [2.24, 2.45) is 0 Å². The highest BCUT2D eigenvalue weighted by Crippen LogP contribution is 2.21. The lowest BCUT2D eigenvalue weighted by molar-refractivity contribution is -0.385. The molecular formula is C21H24BrN3O4. The third-order valence-electron chi connectivity index (χ3n) is 4.37. The van der Waals surface area contributed by atoms with Crippen LogP contribution in [0.5, 0.6) is 0 Å². The van der Waals surface area contributed by atoms with E-state index in [9.17, 15) is 19.7 Å². The van der Waals surface area contributed by atoms with Gasteiger partial charge in [0.25, 0.3) is 5.69 Å². The molecule has 154 valence electrons. The molecule has 0 radical (unpaired) electrons. The van der Waals surface area contributed by atoms with Gasteiger partial charge in [0, 0.05) is 28.7 Å². The molecule has 2 amide bonds. The van der Waals surface area contributed by atoms with E-state index in [0.717, 1.165) is 10.0 Å². The number of nitrogens with one attached hydrogen (secondary N) is 1. The van der Waals surface area contributed by atoms with Gasteiger partial charge < -0.3 is 10.2 Å². The van der Waals surface area contributed by atoms with Crippen LogP contribution in [0.25, 0.3) is 0 Å². The van der Waals surface area contributed by atoms with E-state index < -0.39 is 11.0 Å². The summed E-state index contributed by atoms with van der Waals surface area (Å²) in [4.78, 5) is 37.9. The first kappa shape index (κ1) is 22.5. The molecule has 8 heteroatoms. The molecule has 0 aliphatic rings. The van der Waals surface area contributed by atoms with Crippen molar-refractivity contribution in [2.75, 3.05) is 0 Å². The predicted octanol–water partition coefficient (Wildman–Crippen LogP) is 3.84. The first-order valence-electron chi connectivity index (χ1n) is 9.25. The zero-order chi connectivity index (χ0) is 21.6. The molecule has 2 rings (SSSR count).